The van der Waals surface area contributed by atoms with Gasteiger partial charge in [-0.15, -0.1) is 0 Å². The lowest BCUT2D eigenvalue weighted by Crippen LogP contribution is -2.27. The van der Waals surface area contributed by atoms with E-state index in [1.54, 1.807) is 6.07 Å². The number of ether oxygens (including phenoxy) is 1. The third-order valence-corrected chi connectivity index (χ3v) is 6.48. The number of ketones is 1. The number of nitrogens with one attached hydrogen (secondary N) is 1. The summed E-state index contributed by atoms with van der Waals surface area (Å²) in [6.07, 6.45) is 2.32. The lowest BCUT2D eigenvalue weighted by atomic mass is 9.77. The second-order valence-corrected chi connectivity index (χ2v) is 8.36. The van der Waals surface area contributed by atoms with Gasteiger partial charge in [-0.2, -0.15) is 0 Å². The average Bonchev–Trinajstić information content (AvgIpc) is 2.74. The number of aromatic hydroxyl groups is 1. The van der Waals surface area contributed by atoms with Crippen LogP contribution in [0, 0.1) is 0 Å². The van der Waals surface area contributed by atoms with Gasteiger partial charge in [0.05, 0.1) is 17.6 Å². The predicted molar refractivity (Wildman–Crippen MR) is 118 cm³/mol. The second kappa shape index (κ2) is 6.92. The van der Waals surface area contributed by atoms with Gasteiger partial charge in [0.2, 0.25) is 0 Å². The van der Waals surface area contributed by atoms with Crippen LogP contribution in [0.15, 0.2) is 58.6 Å². The van der Waals surface area contributed by atoms with Crippen molar-refractivity contribution in [1.82, 2.24) is 0 Å². The fourth-order valence-electron chi connectivity index (χ4n) is 4.57. The Balaban J connectivity index is 1.77. The lowest BCUT2D eigenvalue weighted by Gasteiger charge is -2.35. The van der Waals surface area contributed by atoms with Crippen molar-refractivity contribution in [3.8, 4) is 11.5 Å². The fraction of sp³-hybridized carbons (Fsp3) is 0.208. The van der Waals surface area contributed by atoms with Crippen molar-refractivity contribution in [3.63, 3.8) is 0 Å². The van der Waals surface area contributed by atoms with Gasteiger partial charge in [0.1, 0.15) is 0 Å². The molecule has 0 fully saturated rings. The molecule has 2 aliphatic rings. The van der Waals surface area contributed by atoms with Gasteiger partial charge < -0.3 is 15.2 Å². The smallest absolute Gasteiger partial charge is 0.172 e. The minimum atomic E-state index is -0.280. The van der Waals surface area contributed by atoms with Crippen LogP contribution in [0.5, 0.6) is 11.5 Å². The lowest BCUT2D eigenvalue weighted by molar-refractivity contribution is -0.116. The molecule has 2 N–H and O–H groups in total. The van der Waals surface area contributed by atoms with Crippen LogP contribution >= 0.6 is 15.9 Å². The molecule has 0 saturated carbocycles. The van der Waals surface area contributed by atoms with Crippen molar-refractivity contribution in [1.29, 1.82) is 0 Å². The number of phenolic OH excluding ortho intramolecular Hbond substituents is 1. The summed E-state index contributed by atoms with van der Waals surface area (Å²) < 4.78 is 5.88. The summed E-state index contributed by atoms with van der Waals surface area (Å²) in [5.74, 6) is 0.624. The first kappa shape index (κ1) is 18.3. The highest BCUT2D eigenvalue weighted by Gasteiger charge is 2.35. The average molecular weight is 450 g/mol. The maximum atomic E-state index is 13.1. The Morgan fingerprint density at radius 3 is 2.79 bits per heavy atom. The van der Waals surface area contributed by atoms with Crippen LogP contribution < -0.4 is 10.1 Å². The Labute approximate surface area is 177 Å². The zero-order chi connectivity index (χ0) is 20.1. The molecule has 1 aliphatic carbocycles. The number of rotatable bonds is 2. The van der Waals surface area contributed by atoms with Gasteiger partial charge in [0.25, 0.3) is 0 Å². The van der Waals surface area contributed by atoms with Gasteiger partial charge in [-0.25, -0.2) is 0 Å². The van der Waals surface area contributed by atoms with Crippen molar-refractivity contribution in [2.24, 2.45) is 0 Å². The molecule has 1 atom stereocenters. The molecule has 1 heterocycles. The monoisotopic (exact) mass is 449 g/mol. The first-order chi connectivity index (χ1) is 14.1. The number of hydrogen-bond acceptors (Lipinski definition) is 4. The van der Waals surface area contributed by atoms with E-state index in [0.717, 1.165) is 40.8 Å². The molecule has 0 amide bonds. The highest BCUT2D eigenvalue weighted by molar-refractivity contribution is 9.10. The summed E-state index contributed by atoms with van der Waals surface area (Å²) in [6, 6.07) is 15.9. The predicted octanol–water partition coefficient (Wildman–Crippen LogP) is 5.99. The van der Waals surface area contributed by atoms with Crippen LogP contribution in [0.2, 0.25) is 0 Å². The van der Waals surface area contributed by atoms with Gasteiger partial charge in [-0.3, -0.25) is 4.79 Å². The van der Waals surface area contributed by atoms with Crippen LogP contribution in [0.1, 0.15) is 36.4 Å². The molecule has 0 saturated heterocycles. The first-order valence-corrected chi connectivity index (χ1v) is 10.5. The van der Waals surface area contributed by atoms with Crippen molar-refractivity contribution in [2.75, 3.05) is 12.4 Å². The van der Waals surface area contributed by atoms with Gasteiger partial charge in [-0.1, -0.05) is 30.3 Å². The van der Waals surface area contributed by atoms with Crippen LogP contribution in [-0.4, -0.2) is 18.0 Å². The molecule has 0 bridgehead atoms. The zero-order valence-electron chi connectivity index (χ0n) is 16.0. The van der Waals surface area contributed by atoms with Crippen molar-refractivity contribution >= 4 is 43.7 Å². The van der Waals surface area contributed by atoms with Crippen molar-refractivity contribution in [3.05, 3.63) is 69.7 Å². The van der Waals surface area contributed by atoms with Gasteiger partial charge in [-0.05, 0) is 68.9 Å². The molecular weight excluding hydrogens is 430 g/mol. The maximum absolute atomic E-state index is 13.1. The second-order valence-electron chi connectivity index (χ2n) is 7.51. The molecule has 5 rings (SSSR count). The molecule has 3 aromatic carbocycles. The summed E-state index contributed by atoms with van der Waals surface area (Å²) in [6.45, 7) is 0. The molecule has 3 aromatic rings. The molecule has 5 heteroatoms. The van der Waals surface area contributed by atoms with Gasteiger partial charge in [0.15, 0.2) is 17.3 Å². The van der Waals surface area contributed by atoms with E-state index in [9.17, 15) is 9.90 Å². The summed E-state index contributed by atoms with van der Waals surface area (Å²) >= 11 is 3.41. The van der Waals surface area contributed by atoms with Crippen LogP contribution in [0.4, 0.5) is 5.69 Å². The highest BCUT2D eigenvalue weighted by Crippen LogP contribution is 2.49. The summed E-state index contributed by atoms with van der Waals surface area (Å²) in [5, 5.41) is 16.1. The number of carbonyl (C=O) groups is 1. The Bertz CT molecular complexity index is 1200. The molecular formula is C24H20BrNO3. The molecule has 1 aliphatic heterocycles. The van der Waals surface area contributed by atoms with E-state index in [-0.39, 0.29) is 17.6 Å². The van der Waals surface area contributed by atoms with Crippen molar-refractivity contribution in [2.45, 2.75) is 25.3 Å². The number of hydrogen-bond donors (Lipinski definition) is 2. The highest BCUT2D eigenvalue weighted by atomic mass is 79.9. The number of fused-ring (bicyclic) bond motifs is 4. The van der Waals surface area contributed by atoms with E-state index in [0.29, 0.717) is 16.6 Å². The van der Waals surface area contributed by atoms with E-state index >= 15 is 0 Å². The van der Waals surface area contributed by atoms with E-state index in [1.807, 2.05) is 18.2 Å². The minimum absolute atomic E-state index is 0.0580. The van der Waals surface area contributed by atoms with E-state index in [2.05, 4.69) is 45.5 Å². The van der Waals surface area contributed by atoms with Crippen LogP contribution in [0.25, 0.3) is 16.3 Å². The summed E-state index contributed by atoms with van der Waals surface area (Å²) in [4.78, 5) is 13.1. The minimum Gasteiger partial charge on any atom is -0.503 e. The number of Topliss-reactive ketones (excluding diaryl/α,β-unsaturated/α-hetero) is 1. The summed E-state index contributed by atoms with van der Waals surface area (Å²) in [5.41, 5.74) is 5.03. The Morgan fingerprint density at radius 1 is 1.14 bits per heavy atom. The molecule has 0 aromatic heterocycles. The molecule has 4 nitrogen and oxygen atoms in total. The topological polar surface area (TPSA) is 58.6 Å². The number of methoxy groups -OCH3 is 1. The van der Waals surface area contributed by atoms with E-state index in [1.165, 1.54) is 17.9 Å². The third-order valence-electron chi connectivity index (χ3n) is 5.88. The molecule has 0 spiro atoms. The van der Waals surface area contributed by atoms with Crippen molar-refractivity contribution < 1.29 is 14.6 Å². The Kier molecular flexibility index (Phi) is 4.36. The number of anilines is 1. The molecule has 1 unspecified atom stereocenters. The molecule has 146 valence electrons. The van der Waals surface area contributed by atoms with Gasteiger partial charge in [0, 0.05) is 23.2 Å². The van der Waals surface area contributed by atoms with Crippen LogP contribution in [-0.2, 0) is 4.79 Å². The van der Waals surface area contributed by atoms with E-state index < -0.39 is 0 Å². The third kappa shape index (κ3) is 2.84. The largest absolute Gasteiger partial charge is 0.503 e. The first-order valence-electron chi connectivity index (χ1n) is 9.69. The zero-order valence-corrected chi connectivity index (χ0v) is 17.5. The molecule has 29 heavy (non-hydrogen) atoms. The SMILES string of the molecule is COc1cc(C2Nc3ccc4ccccc4c3C3=C2C(=O)CCC3)cc(Br)c1O. The van der Waals surface area contributed by atoms with Crippen LogP contribution in [0.3, 0.4) is 0 Å². The fourth-order valence-corrected chi connectivity index (χ4v) is 5.03. The normalized spacial score (nSPS) is 18.3. The Hall–Kier alpha value is -2.79. The number of phenols is 1. The molecule has 0 radical (unpaired) electrons. The van der Waals surface area contributed by atoms with E-state index in [4.69, 9.17) is 4.74 Å². The number of allylic oxidation sites excluding steroid dienone is 1. The number of carbonyl (C=O) groups excluding carboxylic acids is 1. The quantitative estimate of drug-likeness (QED) is 0.504. The number of halogens is 1. The maximum Gasteiger partial charge on any atom is 0.172 e. The summed E-state index contributed by atoms with van der Waals surface area (Å²) in [7, 11) is 1.53. The number of benzene rings is 3. The Morgan fingerprint density at radius 2 is 1.97 bits per heavy atom. The standard InChI is InChI=1S/C24H20BrNO3/c1-29-20-12-14(11-17(25)24(20)28)23-22-16(7-4-8-19(22)27)21-15-6-3-2-5-13(15)9-10-18(21)26-23/h2-3,5-6,9-12,23,26,28H,4,7-8H2,1H3. The van der Waals surface area contributed by atoms with Gasteiger partial charge >= 0.3 is 0 Å².